The van der Waals surface area contributed by atoms with Crippen molar-refractivity contribution in [3.8, 4) is 5.75 Å². The van der Waals surface area contributed by atoms with Gasteiger partial charge in [-0.2, -0.15) is 0 Å². The summed E-state index contributed by atoms with van der Waals surface area (Å²) >= 11 is 9.54. The predicted molar refractivity (Wildman–Crippen MR) is 81.7 cm³/mol. The van der Waals surface area contributed by atoms with E-state index < -0.39 is 8.32 Å². The molecule has 0 aromatic heterocycles. The highest BCUT2D eigenvalue weighted by molar-refractivity contribution is 9.10. The standard InChI is InChI=1S/C13H20BrClOSi/c1-9-7-10(15)8-11(14)12(9)16-17(5,6)13(2,3)4/h7-8H,1-6H3. The molecular formula is C13H20BrClOSi. The quantitative estimate of drug-likeness (QED) is 0.621. The Kier molecular flexibility index (Phi) is 4.38. The topological polar surface area (TPSA) is 9.23 Å². The first-order chi connectivity index (χ1) is 7.54. The maximum Gasteiger partial charge on any atom is 0.250 e. The molecule has 0 aliphatic rings. The Balaban J connectivity index is 3.13. The largest absolute Gasteiger partial charge is 0.543 e. The van der Waals surface area contributed by atoms with E-state index in [1.807, 2.05) is 19.1 Å². The monoisotopic (exact) mass is 334 g/mol. The molecule has 96 valence electrons. The fourth-order valence-corrected chi connectivity index (χ4v) is 3.51. The van der Waals surface area contributed by atoms with E-state index in [4.69, 9.17) is 16.0 Å². The predicted octanol–water partition coefficient (Wildman–Crippen LogP) is 5.79. The van der Waals surface area contributed by atoms with Gasteiger partial charge in [-0.1, -0.05) is 32.4 Å². The molecule has 0 aliphatic carbocycles. The van der Waals surface area contributed by atoms with Crippen molar-refractivity contribution >= 4 is 35.8 Å². The molecule has 0 heterocycles. The maximum absolute atomic E-state index is 6.32. The van der Waals surface area contributed by atoms with Crippen molar-refractivity contribution in [2.75, 3.05) is 0 Å². The third-order valence-electron chi connectivity index (χ3n) is 3.36. The Morgan fingerprint density at radius 2 is 1.76 bits per heavy atom. The molecule has 0 unspecified atom stereocenters. The molecule has 0 N–H and O–H groups in total. The van der Waals surface area contributed by atoms with Crippen molar-refractivity contribution in [2.24, 2.45) is 0 Å². The fourth-order valence-electron chi connectivity index (χ4n) is 1.23. The minimum Gasteiger partial charge on any atom is -0.543 e. The van der Waals surface area contributed by atoms with E-state index in [9.17, 15) is 0 Å². The summed E-state index contributed by atoms with van der Waals surface area (Å²) in [5, 5.41) is 0.926. The van der Waals surface area contributed by atoms with E-state index in [2.05, 4.69) is 49.8 Å². The van der Waals surface area contributed by atoms with Gasteiger partial charge in [-0.05, 0) is 58.7 Å². The van der Waals surface area contributed by atoms with Gasteiger partial charge in [0.15, 0.2) is 0 Å². The minimum absolute atomic E-state index is 0.193. The lowest BCUT2D eigenvalue weighted by molar-refractivity contribution is 0.487. The van der Waals surface area contributed by atoms with Gasteiger partial charge < -0.3 is 4.43 Å². The summed E-state index contributed by atoms with van der Waals surface area (Å²) in [7, 11) is -1.80. The summed E-state index contributed by atoms with van der Waals surface area (Å²) in [5.74, 6) is 0.931. The van der Waals surface area contributed by atoms with Crippen LogP contribution in [0.15, 0.2) is 16.6 Å². The van der Waals surface area contributed by atoms with Gasteiger partial charge >= 0.3 is 0 Å². The van der Waals surface area contributed by atoms with Crippen molar-refractivity contribution in [1.82, 2.24) is 0 Å². The molecule has 0 spiro atoms. The zero-order valence-corrected chi connectivity index (χ0v) is 14.7. The Morgan fingerprint density at radius 1 is 1.24 bits per heavy atom. The summed E-state index contributed by atoms with van der Waals surface area (Å²) in [5.41, 5.74) is 1.08. The molecule has 0 saturated carbocycles. The van der Waals surface area contributed by atoms with Gasteiger partial charge in [0.2, 0.25) is 0 Å². The maximum atomic E-state index is 6.32. The molecule has 1 rings (SSSR count). The molecule has 0 bridgehead atoms. The third-order valence-corrected chi connectivity index (χ3v) is 8.49. The fraction of sp³-hybridized carbons (Fsp3) is 0.538. The molecule has 1 aromatic carbocycles. The molecule has 17 heavy (non-hydrogen) atoms. The number of benzene rings is 1. The summed E-state index contributed by atoms with van der Waals surface area (Å²) in [6, 6.07) is 3.83. The van der Waals surface area contributed by atoms with Crippen molar-refractivity contribution in [3.05, 3.63) is 27.2 Å². The Morgan fingerprint density at radius 3 is 2.18 bits per heavy atom. The smallest absolute Gasteiger partial charge is 0.250 e. The van der Waals surface area contributed by atoms with Gasteiger partial charge in [-0.15, -0.1) is 0 Å². The van der Waals surface area contributed by atoms with Crippen LogP contribution in [0.1, 0.15) is 26.3 Å². The van der Waals surface area contributed by atoms with Crippen LogP contribution < -0.4 is 4.43 Å². The van der Waals surface area contributed by atoms with Crippen molar-refractivity contribution in [3.63, 3.8) is 0 Å². The molecule has 4 heteroatoms. The number of hydrogen-bond acceptors (Lipinski definition) is 1. The van der Waals surface area contributed by atoms with Crippen LogP contribution >= 0.6 is 27.5 Å². The number of halogens is 2. The number of aryl methyl sites for hydroxylation is 1. The lowest BCUT2D eigenvalue weighted by Crippen LogP contribution is -2.44. The van der Waals surface area contributed by atoms with Crippen LogP contribution in [0.5, 0.6) is 5.75 Å². The number of hydrogen-bond donors (Lipinski definition) is 0. The normalized spacial score (nSPS) is 12.7. The Hall–Kier alpha value is 0.00688. The highest BCUT2D eigenvalue weighted by Crippen LogP contribution is 2.41. The van der Waals surface area contributed by atoms with Crippen molar-refractivity contribution in [2.45, 2.75) is 45.8 Å². The van der Waals surface area contributed by atoms with Crippen LogP contribution in [0, 0.1) is 6.92 Å². The van der Waals surface area contributed by atoms with Gasteiger partial charge in [-0.25, -0.2) is 0 Å². The second-order valence-electron chi connectivity index (χ2n) is 5.90. The average Bonchev–Trinajstić information content (AvgIpc) is 2.09. The zero-order valence-electron chi connectivity index (χ0n) is 11.3. The van der Waals surface area contributed by atoms with Crippen LogP contribution in [-0.4, -0.2) is 8.32 Å². The van der Waals surface area contributed by atoms with Gasteiger partial charge in [0.25, 0.3) is 8.32 Å². The van der Waals surface area contributed by atoms with Crippen molar-refractivity contribution < 1.29 is 4.43 Å². The van der Waals surface area contributed by atoms with Gasteiger partial charge in [0.05, 0.1) is 4.47 Å². The highest BCUT2D eigenvalue weighted by atomic mass is 79.9. The average molecular weight is 336 g/mol. The van der Waals surface area contributed by atoms with E-state index >= 15 is 0 Å². The van der Waals surface area contributed by atoms with Crippen molar-refractivity contribution in [1.29, 1.82) is 0 Å². The third kappa shape index (κ3) is 3.49. The lowest BCUT2D eigenvalue weighted by Gasteiger charge is -2.37. The van der Waals surface area contributed by atoms with Crippen LogP contribution in [0.2, 0.25) is 23.2 Å². The Labute approximate surface area is 119 Å². The van der Waals surface area contributed by atoms with Crippen LogP contribution in [0.3, 0.4) is 0 Å². The second kappa shape index (κ2) is 4.94. The Bertz CT molecular complexity index is 401. The molecule has 0 aliphatic heterocycles. The molecule has 0 radical (unpaired) electrons. The SMILES string of the molecule is Cc1cc(Cl)cc(Br)c1O[Si](C)(C)C(C)(C)C. The van der Waals surface area contributed by atoms with Crippen LogP contribution in [0.25, 0.3) is 0 Å². The zero-order chi connectivity index (χ0) is 13.4. The van der Waals surface area contributed by atoms with E-state index in [-0.39, 0.29) is 5.04 Å². The first-order valence-electron chi connectivity index (χ1n) is 5.69. The highest BCUT2D eigenvalue weighted by Gasteiger charge is 2.39. The number of rotatable bonds is 2. The first kappa shape index (κ1) is 15.1. The summed E-state index contributed by atoms with van der Waals surface area (Å²) in [4.78, 5) is 0. The van der Waals surface area contributed by atoms with Gasteiger partial charge in [0, 0.05) is 5.02 Å². The summed E-state index contributed by atoms with van der Waals surface area (Å²) in [6.45, 7) is 13.2. The van der Waals surface area contributed by atoms with E-state index in [0.717, 1.165) is 20.8 Å². The first-order valence-corrected chi connectivity index (χ1v) is 9.77. The van der Waals surface area contributed by atoms with E-state index in [0.29, 0.717) is 0 Å². The van der Waals surface area contributed by atoms with E-state index in [1.165, 1.54) is 0 Å². The molecular weight excluding hydrogens is 316 g/mol. The van der Waals surface area contributed by atoms with E-state index in [1.54, 1.807) is 0 Å². The minimum atomic E-state index is -1.80. The lowest BCUT2D eigenvalue weighted by atomic mass is 10.2. The second-order valence-corrected chi connectivity index (χ2v) is 11.9. The summed E-state index contributed by atoms with van der Waals surface area (Å²) < 4.78 is 7.25. The molecule has 1 aromatic rings. The molecule has 0 amide bonds. The molecule has 1 nitrogen and oxygen atoms in total. The van der Waals surface area contributed by atoms with Gasteiger partial charge in [-0.3, -0.25) is 0 Å². The van der Waals surface area contributed by atoms with Gasteiger partial charge in [0.1, 0.15) is 5.75 Å². The molecule has 0 saturated heterocycles. The molecule has 0 fully saturated rings. The molecule has 0 atom stereocenters. The van der Waals surface area contributed by atoms with Crippen LogP contribution in [0.4, 0.5) is 0 Å². The van der Waals surface area contributed by atoms with Crippen LogP contribution in [-0.2, 0) is 0 Å². The summed E-state index contributed by atoms with van der Waals surface area (Å²) in [6.07, 6.45) is 0.